The van der Waals surface area contributed by atoms with Gasteiger partial charge in [0.15, 0.2) is 6.29 Å². The number of halogens is 4. The van der Waals surface area contributed by atoms with E-state index in [0.717, 1.165) is 24.5 Å². The second-order valence-corrected chi connectivity index (χ2v) is 3.46. The Labute approximate surface area is 98.6 Å². The minimum atomic E-state index is -2.83. The summed E-state index contributed by atoms with van der Waals surface area (Å²) in [7, 11) is 0. The van der Waals surface area contributed by atoms with Crippen LogP contribution in [0.4, 0.5) is 17.6 Å². The number of hydrogen-bond acceptors (Lipinski definition) is 2. The fourth-order valence-electron chi connectivity index (χ4n) is 1.46. The fraction of sp³-hybridized carbons (Fsp3) is 0.0909. The number of aldehydes is 1. The quantitative estimate of drug-likeness (QED) is 0.626. The lowest BCUT2D eigenvalue weighted by Gasteiger charge is -2.02. The van der Waals surface area contributed by atoms with Crippen LogP contribution < -0.4 is 0 Å². The smallest absolute Gasteiger partial charge is 0.298 e. The summed E-state index contributed by atoms with van der Waals surface area (Å²) in [6.07, 6.45) is 2.07. The molecule has 0 radical (unpaired) electrons. The van der Waals surface area contributed by atoms with Gasteiger partial charge in [-0.25, -0.2) is 13.5 Å². The van der Waals surface area contributed by atoms with Crippen LogP contribution in [0.25, 0.3) is 11.1 Å². The summed E-state index contributed by atoms with van der Waals surface area (Å²) >= 11 is 0. The van der Waals surface area contributed by atoms with Crippen molar-refractivity contribution in [2.75, 3.05) is 0 Å². The molecule has 1 aromatic heterocycles. The molecular formula is C11H6F4N2O. The molecule has 7 heteroatoms. The predicted octanol–water partition coefficient (Wildman–Crippen LogP) is 3.04. The summed E-state index contributed by atoms with van der Waals surface area (Å²) in [5.74, 6) is -2.10. The lowest BCUT2D eigenvalue weighted by Crippen LogP contribution is -1.97. The Kier molecular flexibility index (Phi) is 3.14. The number of aromatic nitrogens is 2. The monoisotopic (exact) mass is 258 g/mol. The van der Waals surface area contributed by atoms with Crippen LogP contribution >= 0.6 is 0 Å². The van der Waals surface area contributed by atoms with E-state index in [4.69, 9.17) is 0 Å². The molecular weight excluding hydrogens is 252 g/mol. The molecule has 94 valence electrons. The largest absolute Gasteiger partial charge is 0.333 e. The summed E-state index contributed by atoms with van der Waals surface area (Å²) in [6.45, 7) is -2.83. The highest BCUT2D eigenvalue weighted by atomic mass is 19.3. The van der Waals surface area contributed by atoms with E-state index in [-0.39, 0.29) is 17.4 Å². The van der Waals surface area contributed by atoms with E-state index in [1.165, 1.54) is 0 Å². The molecule has 0 aliphatic heterocycles. The molecule has 1 aromatic carbocycles. The van der Waals surface area contributed by atoms with Crippen LogP contribution in [-0.4, -0.2) is 16.1 Å². The maximum atomic E-state index is 13.3. The van der Waals surface area contributed by atoms with Gasteiger partial charge in [0, 0.05) is 11.8 Å². The first kappa shape index (κ1) is 12.3. The molecule has 0 N–H and O–H groups in total. The summed E-state index contributed by atoms with van der Waals surface area (Å²) in [4.78, 5) is 10.4. The van der Waals surface area contributed by atoms with Crippen LogP contribution in [0.5, 0.6) is 0 Å². The SMILES string of the molecule is O=Cc1c(F)cc(-c2cnn(C(F)F)c2)cc1F. The summed E-state index contributed by atoms with van der Waals surface area (Å²) in [6, 6.07) is 1.78. The molecule has 18 heavy (non-hydrogen) atoms. The number of carbonyl (C=O) groups is 1. The van der Waals surface area contributed by atoms with Gasteiger partial charge in [-0.3, -0.25) is 4.79 Å². The Morgan fingerprint density at radius 1 is 1.17 bits per heavy atom. The van der Waals surface area contributed by atoms with Gasteiger partial charge in [-0.15, -0.1) is 0 Å². The van der Waals surface area contributed by atoms with Crippen LogP contribution in [0, 0.1) is 11.6 Å². The zero-order chi connectivity index (χ0) is 13.3. The van der Waals surface area contributed by atoms with Crippen molar-refractivity contribution in [2.24, 2.45) is 0 Å². The van der Waals surface area contributed by atoms with Crippen molar-refractivity contribution in [1.29, 1.82) is 0 Å². The first-order valence-corrected chi connectivity index (χ1v) is 4.80. The van der Waals surface area contributed by atoms with E-state index in [2.05, 4.69) is 5.10 Å². The predicted molar refractivity (Wildman–Crippen MR) is 54.2 cm³/mol. The second-order valence-electron chi connectivity index (χ2n) is 3.46. The van der Waals surface area contributed by atoms with E-state index in [1.54, 1.807) is 0 Å². The van der Waals surface area contributed by atoms with Gasteiger partial charge in [0.2, 0.25) is 0 Å². The molecule has 0 aliphatic carbocycles. The summed E-state index contributed by atoms with van der Waals surface area (Å²) in [5.41, 5.74) is -0.534. The van der Waals surface area contributed by atoms with Gasteiger partial charge in [0.1, 0.15) is 11.6 Å². The molecule has 0 saturated carbocycles. The number of nitrogens with zero attached hydrogens (tertiary/aromatic N) is 2. The first-order chi connectivity index (χ1) is 8.52. The molecule has 2 aromatic rings. The Hall–Kier alpha value is -2.18. The normalized spacial score (nSPS) is 10.9. The van der Waals surface area contributed by atoms with Gasteiger partial charge in [0.05, 0.1) is 11.8 Å². The lowest BCUT2D eigenvalue weighted by atomic mass is 10.1. The van der Waals surface area contributed by atoms with Gasteiger partial charge >= 0.3 is 6.55 Å². The highest BCUT2D eigenvalue weighted by Crippen LogP contribution is 2.24. The van der Waals surface area contributed by atoms with Crippen molar-refractivity contribution in [3.8, 4) is 11.1 Å². The zero-order valence-corrected chi connectivity index (χ0v) is 8.78. The number of alkyl halides is 2. The van der Waals surface area contributed by atoms with Crippen molar-refractivity contribution in [1.82, 2.24) is 9.78 Å². The standard InChI is InChI=1S/C11H6F4N2O/c12-9-1-6(2-10(13)8(9)5-18)7-3-16-17(4-7)11(14)15/h1-5,11H. The van der Waals surface area contributed by atoms with Crippen molar-refractivity contribution >= 4 is 6.29 Å². The molecule has 2 rings (SSSR count). The molecule has 0 amide bonds. The number of hydrogen-bond donors (Lipinski definition) is 0. The first-order valence-electron chi connectivity index (χ1n) is 4.80. The van der Waals surface area contributed by atoms with Gasteiger partial charge in [-0.1, -0.05) is 0 Å². The van der Waals surface area contributed by atoms with E-state index >= 15 is 0 Å². The van der Waals surface area contributed by atoms with E-state index in [1.807, 2.05) is 0 Å². The summed E-state index contributed by atoms with van der Waals surface area (Å²) in [5, 5.41) is 3.35. The Morgan fingerprint density at radius 2 is 1.78 bits per heavy atom. The van der Waals surface area contributed by atoms with Gasteiger partial charge < -0.3 is 0 Å². The van der Waals surface area contributed by atoms with Gasteiger partial charge in [-0.2, -0.15) is 13.9 Å². The molecule has 0 saturated heterocycles. The van der Waals surface area contributed by atoms with Crippen LogP contribution in [0.3, 0.4) is 0 Å². The average Bonchev–Trinajstić information content (AvgIpc) is 2.77. The van der Waals surface area contributed by atoms with Crippen molar-refractivity contribution in [3.05, 3.63) is 41.7 Å². The second kappa shape index (κ2) is 4.59. The number of carbonyl (C=O) groups excluding carboxylic acids is 1. The molecule has 0 atom stereocenters. The van der Waals surface area contributed by atoms with Crippen LogP contribution in [0.15, 0.2) is 24.5 Å². The maximum absolute atomic E-state index is 13.3. The Morgan fingerprint density at radius 3 is 2.22 bits per heavy atom. The third-order valence-corrected chi connectivity index (χ3v) is 2.33. The molecule has 0 unspecified atom stereocenters. The maximum Gasteiger partial charge on any atom is 0.333 e. The molecule has 0 spiro atoms. The lowest BCUT2D eigenvalue weighted by molar-refractivity contribution is 0.0566. The Bertz CT molecular complexity index is 571. The molecule has 0 aliphatic rings. The zero-order valence-electron chi connectivity index (χ0n) is 8.78. The topological polar surface area (TPSA) is 34.9 Å². The summed E-state index contributed by atoms with van der Waals surface area (Å²) < 4.78 is 51.6. The van der Waals surface area contributed by atoms with E-state index < -0.39 is 23.7 Å². The number of benzene rings is 1. The Balaban J connectivity index is 2.47. The van der Waals surface area contributed by atoms with Gasteiger partial charge in [0.25, 0.3) is 0 Å². The molecule has 1 heterocycles. The molecule has 0 bridgehead atoms. The van der Waals surface area contributed by atoms with Crippen molar-refractivity contribution in [2.45, 2.75) is 6.55 Å². The third-order valence-electron chi connectivity index (χ3n) is 2.33. The molecule has 3 nitrogen and oxygen atoms in total. The average molecular weight is 258 g/mol. The van der Waals surface area contributed by atoms with Gasteiger partial charge in [-0.05, 0) is 17.7 Å². The van der Waals surface area contributed by atoms with Crippen LogP contribution in [-0.2, 0) is 0 Å². The minimum Gasteiger partial charge on any atom is -0.298 e. The third kappa shape index (κ3) is 2.11. The van der Waals surface area contributed by atoms with Crippen molar-refractivity contribution < 1.29 is 22.4 Å². The van der Waals surface area contributed by atoms with E-state index in [0.29, 0.717) is 4.68 Å². The highest BCUT2D eigenvalue weighted by molar-refractivity contribution is 5.77. The van der Waals surface area contributed by atoms with Crippen LogP contribution in [0.1, 0.15) is 16.9 Å². The number of rotatable bonds is 3. The fourth-order valence-corrected chi connectivity index (χ4v) is 1.46. The van der Waals surface area contributed by atoms with Crippen molar-refractivity contribution in [3.63, 3.8) is 0 Å². The highest BCUT2D eigenvalue weighted by Gasteiger charge is 2.14. The van der Waals surface area contributed by atoms with Crippen LogP contribution in [0.2, 0.25) is 0 Å². The molecule has 0 fully saturated rings. The minimum absolute atomic E-state index is 0.0301. The van der Waals surface area contributed by atoms with E-state index in [9.17, 15) is 22.4 Å².